The Labute approximate surface area is 146 Å². The van der Waals surface area contributed by atoms with Gasteiger partial charge >= 0.3 is 5.97 Å². The third kappa shape index (κ3) is 4.94. The molecule has 1 aromatic heterocycles. The van der Waals surface area contributed by atoms with Crippen LogP contribution in [-0.2, 0) is 13.1 Å². The summed E-state index contributed by atoms with van der Waals surface area (Å²) in [5.41, 5.74) is 1.54. The third-order valence-corrected chi connectivity index (χ3v) is 3.88. The first-order valence-electron chi connectivity index (χ1n) is 8.25. The molecule has 0 atom stereocenters. The summed E-state index contributed by atoms with van der Waals surface area (Å²) < 4.78 is 9.94. The Balaban J connectivity index is 1.42. The number of hydrogen-bond acceptors (Lipinski definition) is 2. The van der Waals surface area contributed by atoms with Crippen LogP contribution < -0.4 is 9.30 Å². The van der Waals surface area contributed by atoms with Gasteiger partial charge in [-0.15, -0.1) is 0 Å². The van der Waals surface area contributed by atoms with Crippen LogP contribution in [0.3, 0.4) is 0 Å². The quantitative estimate of drug-likeness (QED) is 0.508. The van der Waals surface area contributed by atoms with Crippen LogP contribution in [0.1, 0.15) is 22.3 Å². The molecule has 1 N–H and O–H groups in total. The third-order valence-electron chi connectivity index (χ3n) is 3.88. The van der Waals surface area contributed by atoms with Crippen LogP contribution in [0.2, 0.25) is 0 Å². The zero-order valence-corrected chi connectivity index (χ0v) is 13.9. The molecule has 0 bridgehead atoms. The first kappa shape index (κ1) is 16.8. The van der Waals surface area contributed by atoms with Crippen LogP contribution in [0.15, 0.2) is 73.3 Å². The van der Waals surface area contributed by atoms with Gasteiger partial charge < -0.3 is 9.84 Å². The summed E-state index contributed by atoms with van der Waals surface area (Å²) >= 11 is 0. The second-order valence-corrected chi connectivity index (χ2v) is 5.84. The van der Waals surface area contributed by atoms with Crippen molar-refractivity contribution >= 4 is 5.97 Å². The molecule has 0 aliphatic carbocycles. The Bertz CT molecular complexity index is 810. The molecule has 0 saturated carbocycles. The maximum absolute atomic E-state index is 10.8. The smallest absolute Gasteiger partial charge is 0.335 e. The van der Waals surface area contributed by atoms with E-state index >= 15 is 0 Å². The highest BCUT2D eigenvalue weighted by atomic mass is 16.5. The van der Waals surface area contributed by atoms with Gasteiger partial charge in [0.05, 0.1) is 18.7 Å². The number of nitrogens with zero attached hydrogens (tertiary/aromatic N) is 2. The standard InChI is InChI=1S/C20H20N2O3/c23-20(24)18-7-9-19(10-8-18)25-14-4-11-21-12-13-22(16-21)15-17-5-2-1-3-6-17/h1-3,5-10,12-13,16H,4,11,14-15H2/p+1. The number of aryl methyl sites for hydroxylation is 1. The van der Waals surface area contributed by atoms with Crippen molar-refractivity contribution in [1.82, 2.24) is 4.57 Å². The van der Waals surface area contributed by atoms with Gasteiger partial charge in [-0.1, -0.05) is 30.3 Å². The van der Waals surface area contributed by atoms with Gasteiger partial charge in [-0.05, 0) is 29.8 Å². The largest absolute Gasteiger partial charge is 0.493 e. The summed E-state index contributed by atoms with van der Waals surface area (Å²) in [4.78, 5) is 10.8. The minimum absolute atomic E-state index is 0.266. The molecule has 0 unspecified atom stereocenters. The van der Waals surface area contributed by atoms with Crippen molar-refractivity contribution in [2.45, 2.75) is 19.5 Å². The van der Waals surface area contributed by atoms with E-state index in [1.807, 2.05) is 18.2 Å². The lowest BCUT2D eigenvalue weighted by atomic mass is 10.2. The minimum atomic E-state index is -0.928. The summed E-state index contributed by atoms with van der Waals surface area (Å²) in [7, 11) is 0. The van der Waals surface area contributed by atoms with Gasteiger partial charge in [0, 0.05) is 6.42 Å². The van der Waals surface area contributed by atoms with Gasteiger partial charge in [0.2, 0.25) is 6.33 Å². The van der Waals surface area contributed by atoms with E-state index in [1.54, 1.807) is 24.3 Å². The Morgan fingerprint density at radius 1 is 1.08 bits per heavy atom. The molecule has 5 heteroatoms. The fourth-order valence-corrected chi connectivity index (χ4v) is 2.59. The lowest BCUT2D eigenvalue weighted by Crippen LogP contribution is -2.31. The van der Waals surface area contributed by atoms with E-state index in [0.29, 0.717) is 12.4 Å². The molecule has 0 radical (unpaired) electrons. The van der Waals surface area contributed by atoms with Crippen LogP contribution in [0.25, 0.3) is 0 Å². The van der Waals surface area contributed by atoms with Gasteiger partial charge in [-0.2, -0.15) is 0 Å². The number of aromatic carboxylic acids is 1. The Morgan fingerprint density at radius 2 is 1.84 bits per heavy atom. The molecule has 0 saturated heterocycles. The zero-order valence-electron chi connectivity index (χ0n) is 13.9. The van der Waals surface area contributed by atoms with E-state index in [-0.39, 0.29) is 5.56 Å². The number of aromatic nitrogens is 2. The number of carbonyl (C=O) groups is 1. The highest BCUT2D eigenvalue weighted by molar-refractivity contribution is 5.87. The second kappa shape index (κ2) is 8.15. The molecule has 0 fully saturated rings. The SMILES string of the molecule is O=C(O)c1ccc(OCCCn2cc[n+](Cc3ccccc3)c2)cc1. The van der Waals surface area contributed by atoms with Crippen molar-refractivity contribution in [3.63, 3.8) is 0 Å². The number of carboxylic acids is 1. The van der Waals surface area contributed by atoms with E-state index in [2.05, 4.69) is 40.0 Å². The van der Waals surface area contributed by atoms with Crippen LogP contribution >= 0.6 is 0 Å². The van der Waals surface area contributed by atoms with E-state index in [9.17, 15) is 4.79 Å². The lowest BCUT2D eigenvalue weighted by molar-refractivity contribution is -0.687. The number of rotatable bonds is 8. The summed E-state index contributed by atoms with van der Waals surface area (Å²) in [6.45, 7) is 2.32. The van der Waals surface area contributed by atoms with Crippen molar-refractivity contribution in [2.24, 2.45) is 0 Å². The van der Waals surface area contributed by atoms with Gasteiger partial charge in [0.15, 0.2) is 0 Å². The summed E-state index contributed by atoms with van der Waals surface area (Å²) in [5, 5.41) is 8.87. The Kier molecular flexibility index (Phi) is 5.46. The Morgan fingerprint density at radius 3 is 2.56 bits per heavy atom. The average molecular weight is 337 g/mol. The lowest BCUT2D eigenvalue weighted by Gasteiger charge is -2.05. The molecule has 3 rings (SSSR count). The van der Waals surface area contributed by atoms with Crippen LogP contribution in [0, 0.1) is 0 Å². The van der Waals surface area contributed by atoms with Crippen LogP contribution in [-0.4, -0.2) is 22.2 Å². The van der Waals surface area contributed by atoms with Gasteiger partial charge in [-0.25, -0.2) is 13.9 Å². The minimum Gasteiger partial charge on any atom is -0.493 e. The van der Waals surface area contributed by atoms with E-state index in [0.717, 1.165) is 19.5 Å². The molecule has 5 nitrogen and oxygen atoms in total. The molecule has 0 aliphatic heterocycles. The first-order valence-corrected chi connectivity index (χ1v) is 8.25. The van der Waals surface area contributed by atoms with E-state index in [4.69, 9.17) is 9.84 Å². The molecular weight excluding hydrogens is 316 g/mol. The molecule has 0 aliphatic rings. The predicted octanol–water partition coefficient (Wildman–Crippen LogP) is 2.99. The molecule has 0 amide bonds. The normalized spacial score (nSPS) is 10.6. The van der Waals surface area contributed by atoms with Gasteiger partial charge in [0.1, 0.15) is 24.7 Å². The topological polar surface area (TPSA) is 55.3 Å². The predicted molar refractivity (Wildman–Crippen MR) is 93.7 cm³/mol. The molecule has 128 valence electrons. The van der Waals surface area contributed by atoms with Crippen molar-refractivity contribution in [3.8, 4) is 5.75 Å². The number of hydrogen-bond donors (Lipinski definition) is 1. The first-order chi connectivity index (χ1) is 12.2. The highest BCUT2D eigenvalue weighted by Gasteiger charge is 2.05. The van der Waals surface area contributed by atoms with Gasteiger partial charge in [0.25, 0.3) is 0 Å². The van der Waals surface area contributed by atoms with Crippen molar-refractivity contribution < 1.29 is 19.2 Å². The molecule has 2 aromatic carbocycles. The summed E-state index contributed by atoms with van der Waals surface area (Å²) in [5.74, 6) is -0.236. The Hall–Kier alpha value is -3.08. The fraction of sp³-hybridized carbons (Fsp3) is 0.200. The van der Waals surface area contributed by atoms with E-state index < -0.39 is 5.97 Å². The molecule has 1 heterocycles. The van der Waals surface area contributed by atoms with Crippen LogP contribution in [0.5, 0.6) is 5.75 Å². The summed E-state index contributed by atoms with van der Waals surface area (Å²) in [6, 6.07) is 16.8. The fourth-order valence-electron chi connectivity index (χ4n) is 2.59. The highest BCUT2D eigenvalue weighted by Crippen LogP contribution is 2.12. The molecule has 25 heavy (non-hydrogen) atoms. The maximum atomic E-state index is 10.8. The van der Waals surface area contributed by atoms with E-state index in [1.165, 1.54) is 5.56 Å². The zero-order chi connectivity index (χ0) is 17.5. The van der Waals surface area contributed by atoms with Gasteiger partial charge in [-0.3, -0.25) is 0 Å². The van der Waals surface area contributed by atoms with Crippen LogP contribution in [0.4, 0.5) is 0 Å². The molecular formula is C20H21N2O3+. The monoisotopic (exact) mass is 337 g/mol. The number of ether oxygens (including phenoxy) is 1. The van der Waals surface area contributed by atoms with Crippen molar-refractivity contribution in [1.29, 1.82) is 0 Å². The number of benzene rings is 2. The maximum Gasteiger partial charge on any atom is 0.335 e. The molecule has 0 spiro atoms. The van der Waals surface area contributed by atoms with Crippen molar-refractivity contribution in [3.05, 3.63) is 84.4 Å². The molecule has 3 aromatic rings. The number of imidazole rings is 1. The van der Waals surface area contributed by atoms with Crippen molar-refractivity contribution in [2.75, 3.05) is 6.61 Å². The average Bonchev–Trinajstić information content (AvgIpc) is 3.07. The second-order valence-electron chi connectivity index (χ2n) is 5.84. The number of carboxylic acid groups (broad SMARTS) is 1. The summed E-state index contributed by atoms with van der Waals surface area (Å²) in [6.07, 6.45) is 7.10.